The second-order valence-corrected chi connectivity index (χ2v) is 7.56. The fraction of sp³-hybridized carbons (Fsp3) is 0.286. The van der Waals surface area contributed by atoms with Gasteiger partial charge in [0.2, 0.25) is 0 Å². The minimum atomic E-state index is -0.112. The van der Waals surface area contributed by atoms with Crippen LogP contribution in [-0.4, -0.2) is 52.0 Å². The van der Waals surface area contributed by atoms with Crippen molar-refractivity contribution in [2.24, 2.45) is 0 Å². The lowest BCUT2D eigenvalue weighted by molar-refractivity contribution is -0.106. The molecule has 0 amide bonds. The van der Waals surface area contributed by atoms with Crippen molar-refractivity contribution in [3.8, 4) is 34.3 Å². The van der Waals surface area contributed by atoms with E-state index in [0.717, 1.165) is 6.29 Å². The molecule has 0 aliphatic rings. The van der Waals surface area contributed by atoms with E-state index in [4.69, 9.17) is 17.0 Å². The van der Waals surface area contributed by atoms with Gasteiger partial charge in [-0.3, -0.25) is 9.67 Å². The van der Waals surface area contributed by atoms with Gasteiger partial charge in [-0.2, -0.15) is 5.10 Å². The Morgan fingerprint density at radius 3 is 2.63 bits per heavy atom. The number of methoxy groups -OCH3 is 1. The van der Waals surface area contributed by atoms with Crippen molar-refractivity contribution in [2.75, 3.05) is 25.6 Å². The second kappa shape index (κ2) is 8.58. The molecule has 30 heavy (non-hydrogen) atoms. The maximum absolute atomic E-state index is 11.0. The highest BCUT2D eigenvalue weighted by molar-refractivity contribution is 7.71. The van der Waals surface area contributed by atoms with Crippen LogP contribution >= 0.6 is 12.2 Å². The predicted octanol–water partition coefficient (Wildman–Crippen LogP) is 3.78. The Bertz CT molecular complexity index is 1140. The number of aromatic amines is 1. The van der Waals surface area contributed by atoms with E-state index in [0.29, 0.717) is 38.8 Å². The predicted molar refractivity (Wildman–Crippen MR) is 117 cm³/mol. The number of carbonyl (C=O) groups excluding carboxylic acids is 1. The van der Waals surface area contributed by atoms with Crippen molar-refractivity contribution in [2.45, 2.75) is 19.8 Å². The molecular weight excluding hydrogens is 404 g/mol. The number of aldehydes is 1. The summed E-state index contributed by atoms with van der Waals surface area (Å²) in [6.45, 7) is 4.09. The number of hydrogen-bond donors (Lipinski definition) is 3. The number of phenols is 2. The molecule has 3 rings (SSSR count). The third kappa shape index (κ3) is 3.88. The molecule has 0 unspecified atom stereocenters. The van der Waals surface area contributed by atoms with Gasteiger partial charge in [-0.05, 0) is 48.0 Å². The minimum absolute atomic E-state index is 0.0224. The zero-order valence-corrected chi connectivity index (χ0v) is 18.0. The van der Waals surface area contributed by atoms with Crippen LogP contribution in [0, 0.1) is 4.77 Å². The van der Waals surface area contributed by atoms with Crippen molar-refractivity contribution in [1.82, 2.24) is 14.8 Å². The lowest BCUT2D eigenvalue weighted by Crippen LogP contribution is -2.20. The average molecular weight is 429 g/mol. The first-order valence-corrected chi connectivity index (χ1v) is 9.76. The molecule has 158 valence electrons. The highest BCUT2D eigenvalue weighted by atomic mass is 32.1. The van der Waals surface area contributed by atoms with Crippen LogP contribution in [-0.2, 0) is 4.79 Å². The molecule has 9 heteroatoms. The highest BCUT2D eigenvalue weighted by Crippen LogP contribution is 2.38. The van der Waals surface area contributed by atoms with Crippen molar-refractivity contribution in [3.63, 3.8) is 0 Å². The van der Waals surface area contributed by atoms with Gasteiger partial charge in [0.15, 0.2) is 10.6 Å². The summed E-state index contributed by atoms with van der Waals surface area (Å²) >= 11 is 5.44. The molecular formula is C21H24N4O4S. The molecule has 2 aromatic carbocycles. The van der Waals surface area contributed by atoms with E-state index in [2.05, 4.69) is 10.2 Å². The average Bonchev–Trinajstić information content (AvgIpc) is 3.08. The van der Waals surface area contributed by atoms with E-state index in [1.807, 2.05) is 26.0 Å². The molecule has 1 aromatic heterocycles. The van der Waals surface area contributed by atoms with Crippen LogP contribution in [0.25, 0.3) is 17.1 Å². The van der Waals surface area contributed by atoms with E-state index < -0.39 is 0 Å². The lowest BCUT2D eigenvalue weighted by atomic mass is 9.98. The molecule has 0 aliphatic heterocycles. The van der Waals surface area contributed by atoms with Gasteiger partial charge in [-0.25, -0.2) is 0 Å². The number of rotatable bonds is 7. The Morgan fingerprint density at radius 1 is 1.27 bits per heavy atom. The number of carbonyl (C=O) groups is 1. The van der Waals surface area contributed by atoms with Gasteiger partial charge in [0.1, 0.15) is 23.5 Å². The molecule has 3 aromatic rings. The Balaban J connectivity index is 2.21. The first-order chi connectivity index (χ1) is 14.3. The Morgan fingerprint density at radius 2 is 2.00 bits per heavy atom. The molecule has 3 N–H and O–H groups in total. The Labute approximate surface area is 179 Å². The quantitative estimate of drug-likeness (QED) is 0.389. The van der Waals surface area contributed by atoms with Crippen LogP contribution in [0.2, 0.25) is 0 Å². The number of aromatic hydroxyl groups is 2. The fourth-order valence-electron chi connectivity index (χ4n) is 3.28. The molecule has 0 aliphatic carbocycles. The summed E-state index contributed by atoms with van der Waals surface area (Å²) < 4.78 is 7.44. The number of nitrogens with one attached hydrogen (secondary N) is 1. The van der Waals surface area contributed by atoms with Crippen LogP contribution in [0.4, 0.5) is 5.69 Å². The molecule has 1 heterocycles. The van der Waals surface area contributed by atoms with E-state index in [-0.39, 0.29) is 24.0 Å². The number of likely N-dealkylation sites (N-methyl/N-ethyl adjacent to an activating group) is 1. The number of hydrogen-bond acceptors (Lipinski definition) is 7. The Hall–Kier alpha value is -3.33. The Kier molecular flexibility index (Phi) is 6.12. The fourth-order valence-corrected chi connectivity index (χ4v) is 3.52. The SMILES string of the molecule is COc1ccc(-n2c(-c3cc(C(C)C)c(O)cc3O)n[nH]c2=S)cc1N(C)CC=O. The van der Waals surface area contributed by atoms with Crippen LogP contribution in [0.5, 0.6) is 17.2 Å². The van der Waals surface area contributed by atoms with Gasteiger partial charge in [0.25, 0.3) is 0 Å². The second-order valence-electron chi connectivity index (χ2n) is 7.17. The van der Waals surface area contributed by atoms with Gasteiger partial charge in [0, 0.05) is 13.1 Å². The van der Waals surface area contributed by atoms with Gasteiger partial charge in [-0.15, -0.1) is 0 Å². The number of anilines is 1. The number of phenolic OH excluding ortho intramolecular Hbond substituents is 2. The number of aromatic nitrogens is 3. The first kappa shape index (κ1) is 21.4. The lowest BCUT2D eigenvalue weighted by Gasteiger charge is -2.21. The van der Waals surface area contributed by atoms with E-state index in [1.165, 1.54) is 6.07 Å². The largest absolute Gasteiger partial charge is 0.508 e. The summed E-state index contributed by atoms with van der Waals surface area (Å²) in [7, 11) is 3.34. The monoisotopic (exact) mass is 428 g/mol. The number of H-pyrrole nitrogens is 1. The van der Waals surface area contributed by atoms with Crippen molar-refractivity contribution in [3.05, 3.63) is 40.7 Å². The summed E-state index contributed by atoms with van der Waals surface area (Å²) in [6.07, 6.45) is 0.809. The van der Waals surface area contributed by atoms with E-state index >= 15 is 0 Å². The highest BCUT2D eigenvalue weighted by Gasteiger charge is 2.20. The smallest absolute Gasteiger partial charge is 0.200 e. The summed E-state index contributed by atoms with van der Waals surface area (Å²) in [4.78, 5) is 12.7. The summed E-state index contributed by atoms with van der Waals surface area (Å²) in [5, 5.41) is 27.7. The molecule has 0 bridgehead atoms. The molecule has 0 fully saturated rings. The molecule has 0 saturated heterocycles. The topological polar surface area (TPSA) is 104 Å². The standard InChI is InChI=1S/C21H24N4O4S/c1-12(2)14-10-15(18(28)11-17(14)27)20-22-23-21(30)25(20)13-5-6-19(29-4)16(9-13)24(3)7-8-26/h5-6,8-12,27-28H,7H2,1-4H3,(H,23,30). The normalized spacial score (nSPS) is 11.0. The third-order valence-corrected chi connectivity index (χ3v) is 5.13. The first-order valence-electron chi connectivity index (χ1n) is 9.35. The zero-order valence-electron chi connectivity index (χ0n) is 17.2. The molecule has 0 saturated carbocycles. The molecule has 0 atom stereocenters. The van der Waals surface area contributed by atoms with Gasteiger partial charge in [0.05, 0.1) is 30.6 Å². The minimum Gasteiger partial charge on any atom is -0.508 e. The maximum atomic E-state index is 11.0. The molecule has 0 spiro atoms. The summed E-state index contributed by atoms with van der Waals surface area (Å²) in [5.74, 6) is 0.959. The van der Waals surface area contributed by atoms with Gasteiger partial charge in [-0.1, -0.05) is 13.8 Å². The molecule has 0 radical (unpaired) electrons. The zero-order chi connectivity index (χ0) is 22.0. The van der Waals surface area contributed by atoms with Gasteiger partial charge < -0.3 is 24.6 Å². The van der Waals surface area contributed by atoms with Crippen LogP contribution in [0.1, 0.15) is 25.3 Å². The van der Waals surface area contributed by atoms with Crippen molar-refractivity contribution < 1.29 is 19.7 Å². The number of benzene rings is 2. The maximum Gasteiger partial charge on any atom is 0.200 e. The van der Waals surface area contributed by atoms with Crippen molar-refractivity contribution >= 4 is 24.2 Å². The summed E-state index contributed by atoms with van der Waals surface area (Å²) in [6, 6.07) is 8.44. The number of ether oxygens (including phenoxy) is 1. The summed E-state index contributed by atoms with van der Waals surface area (Å²) in [5.41, 5.74) is 2.50. The van der Waals surface area contributed by atoms with E-state index in [9.17, 15) is 15.0 Å². The van der Waals surface area contributed by atoms with E-state index in [1.54, 1.807) is 35.8 Å². The number of nitrogens with zero attached hydrogens (tertiary/aromatic N) is 3. The third-order valence-electron chi connectivity index (χ3n) is 4.86. The van der Waals surface area contributed by atoms with Crippen LogP contribution in [0.3, 0.4) is 0 Å². The molecule has 8 nitrogen and oxygen atoms in total. The van der Waals surface area contributed by atoms with Crippen LogP contribution in [0.15, 0.2) is 30.3 Å². The van der Waals surface area contributed by atoms with Crippen molar-refractivity contribution in [1.29, 1.82) is 0 Å². The van der Waals surface area contributed by atoms with Crippen LogP contribution < -0.4 is 9.64 Å². The van der Waals surface area contributed by atoms with Gasteiger partial charge >= 0.3 is 0 Å².